The van der Waals surface area contributed by atoms with E-state index in [1.54, 1.807) is 24.1 Å². The van der Waals surface area contributed by atoms with Gasteiger partial charge < -0.3 is 23.8 Å². The highest BCUT2D eigenvalue weighted by molar-refractivity contribution is 5.99. The smallest absolute Gasteiger partial charge is 0.300 e. The molecule has 2 saturated heterocycles. The molecule has 9 heteroatoms. The first-order valence-corrected chi connectivity index (χ1v) is 11.9. The van der Waals surface area contributed by atoms with E-state index in [0.717, 1.165) is 12.0 Å². The Bertz CT molecular complexity index is 1110. The molecule has 0 aliphatic carbocycles. The molecule has 2 aliphatic rings. The van der Waals surface area contributed by atoms with Crippen molar-refractivity contribution in [2.24, 2.45) is 0 Å². The molecule has 2 amide bonds. The van der Waals surface area contributed by atoms with Gasteiger partial charge in [-0.25, -0.2) is 6.57 Å². The second-order valence-electron chi connectivity index (χ2n) is 8.83. The standard InChI is InChI=1S/C27H31N3O6/c1-28-24-11-8-12-29(24)27(32)21-15-20(33-2)16-30(21)26(31)19-13-22(34-3)25(23(14-19)35-4)36-17-18-9-6-5-7-10-18/h5-7,9-10,13-14,20-21,24H,8,11-12,15-17H2,2-4H3/t20-,21+,24+/m1/s1. The van der Waals surface area contributed by atoms with Gasteiger partial charge in [0.15, 0.2) is 11.5 Å². The van der Waals surface area contributed by atoms with Crippen LogP contribution in [0.4, 0.5) is 0 Å². The first-order chi connectivity index (χ1) is 17.5. The van der Waals surface area contributed by atoms with Crippen molar-refractivity contribution in [2.75, 3.05) is 34.4 Å². The van der Waals surface area contributed by atoms with Crippen LogP contribution in [0, 0.1) is 6.57 Å². The fraction of sp³-hybridized carbons (Fsp3) is 0.444. The highest BCUT2D eigenvalue weighted by Crippen LogP contribution is 2.40. The van der Waals surface area contributed by atoms with Crippen molar-refractivity contribution in [3.63, 3.8) is 0 Å². The second kappa shape index (κ2) is 11.3. The van der Waals surface area contributed by atoms with Crippen LogP contribution in [0.25, 0.3) is 4.85 Å². The molecule has 36 heavy (non-hydrogen) atoms. The van der Waals surface area contributed by atoms with E-state index in [0.29, 0.717) is 48.8 Å². The quantitative estimate of drug-likeness (QED) is 0.525. The van der Waals surface area contributed by atoms with Crippen LogP contribution in [0.5, 0.6) is 17.2 Å². The lowest BCUT2D eigenvalue weighted by Gasteiger charge is -2.28. The normalized spacial score (nSPS) is 21.2. The molecular weight excluding hydrogens is 462 g/mol. The lowest BCUT2D eigenvalue weighted by atomic mass is 10.1. The summed E-state index contributed by atoms with van der Waals surface area (Å²) in [7, 11) is 4.57. The zero-order valence-electron chi connectivity index (χ0n) is 20.8. The Hall–Kier alpha value is -3.77. The lowest BCUT2D eigenvalue weighted by Crippen LogP contribution is -2.48. The Balaban J connectivity index is 1.60. The van der Waals surface area contributed by atoms with E-state index in [1.165, 1.54) is 19.1 Å². The van der Waals surface area contributed by atoms with Crippen molar-refractivity contribution < 1.29 is 28.5 Å². The second-order valence-corrected chi connectivity index (χ2v) is 8.83. The van der Waals surface area contributed by atoms with Gasteiger partial charge in [-0.15, -0.1) is 0 Å². The highest BCUT2D eigenvalue weighted by Gasteiger charge is 2.45. The third-order valence-electron chi connectivity index (χ3n) is 6.73. The molecule has 0 aromatic heterocycles. The van der Waals surface area contributed by atoms with Gasteiger partial charge in [-0.3, -0.25) is 19.3 Å². The Morgan fingerprint density at radius 2 is 1.75 bits per heavy atom. The average molecular weight is 494 g/mol. The van der Waals surface area contributed by atoms with Gasteiger partial charge in [0.05, 0.1) is 20.3 Å². The van der Waals surface area contributed by atoms with E-state index < -0.39 is 12.2 Å². The van der Waals surface area contributed by atoms with Crippen molar-refractivity contribution in [1.82, 2.24) is 9.80 Å². The van der Waals surface area contributed by atoms with Crippen molar-refractivity contribution in [1.29, 1.82) is 0 Å². The maximum absolute atomic E-state index is 13.7. The molecule has 190 valence electrons. The van der Waals surface area contributed by atoms with Crippen LogP contribution in [-0.2, 0) is 16.1 Å². The van der Waals surface area contributed by atoms with Crippen LogP contribution in [-0.4, -0.2) is 74.3 Å². The largest absolute Gasteiger partial charge is 0.493 e. The van der Waals surface area contributed by atoms with Gasteiger partial charge in [0, 0.05) is 38.6 Å². The Labute approximate surface area is 211 Å². The van der Waals surface area contributed by atoms with E-state index in [1.807, 2.05) is 30.3 Å². The van der Waals surface area contributed by atoms with Gasteiger partial charge in [-0.05, 0) is 24.1 Å². The molecule has 2 aromatic rings. The number of likely N-dealkylation sites (tertiary alicyclic amines) is 2. The molecule has 3 atom stereocenters. The van der Waals surface area contributed by atoms with Crippen LogP contribution in [0.3, 0.4) is 0 Å². The minimum absolute atomic E-state index is 0.205. The first-order valence-electron chi connectivity index (χ1n) is 11.9. The van der Waals surface area contributed by atoms with E-state index in [2.05, 4.69) is 4.85 Å². The number of carbonyl (C=O) groups is 2. The predicted molar refractivity (Wildman–Crippen MR) is 132 cm³/mol. The molecular formula is C27H31N3O6. The number of benzene rings is 2. The summed E-state index contributed by atoms with van der Waals surface area (Å²) >= 11 is 0. The molecule has 2 aliphatic heterocycles. The topological polar surface area (TPSA) is 81.9 Å². The fourth-order valence-electron chi connectivity index (χ4n) is 4.80. The van der Waals surface area contributed by atoms with Crippen LogP contribution < -0.4 is 14.2 Å². The van der Waals surface area contributed by atoms with E-state index in [4.69, 9.17) is 25.5 Å². The van der Waals surface area contributed by atoms with Gasteiger partial charge in [0.25, 0.3) is 11.8 Å². The Morgan fingerprint density at radius 1 is 1.06 bits per heavy atom. The molecule has 2 aromatic carbocycles. The molecule has 4 rings (SSSR count). The van der Waals surface area contributed by atoms with Gasteiger partial charge in [0.2, 0.25) is 5.75 Å². The van der Waals surface area contributed by atoms with Crippen LogP contribution in [0.1, 0.15) is 35.2 Å². The molecule has 9 nitrogen and oxygen atoms in total. The fourth-order valence-corrected chi connectivity index (χ4v) is 4.80. The van der Waals surface area contributed by atoms with Crippen LogP contribution in [0.2, 0.25) is 0 Å². The van der Waals surface area contributed by atoms with Crippen molar-refractivity contribution in [3.8, 4) is 17.2 Å². The van der Waals surface area contributed by atoms with Gasteiger partial charge in [-0.2, -0.15) is 0 Å². The third kappa shape index (κ3) is 5.09. The lowest BCUT2D eigenvalue weighted by molar-refractivity contribution is -0.135. The minimum atomic E-state index is -0.698. The summed E-state index contributed by atoms with van der Waals surface area (Å²) in [4.78, 5) is 33.8. The number of carbonyl (C=O) groups excluding carboxylic acids is 2. The molecule has 2 heterocycles. The van der Waals surface area contributed by atoms with E-state index >= 15 is 0 Å². The number of hydrogen-bond donors (Lipinski definition) is 0. The van der Waals surface area contributed by atoms with Crippen LogP contribution in [0.15, 0.2) is 42.5 Å². The van der Waals surface area contributed by atoms with E-state index in [-0.39, 0.29) is 24.5 Å². The third-order valence-corrected chi connectivity index (χ3v) is 6.73. The molecule has 0 radical (unpaired) electrons. The molecule has 0 unspecified atom stereocenters. The minimum Gasteiger partial charge on any atom is -0.493 e. The monoisotopic (exact) mass is 493 g/mol. The maximum Gasteiger partial charge on any atom is 0.300 e. The molecule has 0 bridgehead atoms. The summed E-state index contributed by atoms with van der Waals surface area (Å²) in [5.74, 6) is 0.556. The van der Waals surface area contributed by atoms with Crippen LogP contribution >= 0.6 is 0 Å². The summed E-state index contributed by atoms with van der Waals surface area (Å²) in [6.07, 6.45) is 1.08. The number of methoxy groups -OCH3 is 3. The SMILES string of the molecule is [C-]#[N+][C@@H]1CCCN1C(=O)[C@@H]1C[C@@H](OC)CN1C(=O)c1cc(OC)c(OCc2ccccc2)c(OC)c1. The summed E-state index contributed by atoms with van der Waals surface area (Å²) in [5, 5.41) is 0. The van der Waals surface area contributed by atoms with Gasteiger partial charge in [-0.1, -0.05) is 30.3 Å². The first kappa shape index (κ1) is 25.3. The molecule has 0 saturated carbocycles. The zero-order chi connectivity index (χ0) is 25.7. The van der Waals surface area contributed by atoms with E-state index in [9.17, 15) is 9.59 Å². The van der Waals surface area contributed by atoms with Crippen molar-refractivity contribution in [3.05, 3.63) is 65.0 Å². The summed E-state index contributed by atoms with van der Waals surface area (Å²) < 4.78 is 22.6. The Morgan fingerprint density at radius 3 is 2.36 bits per heavy atom. The number of rotatable bonds is 8. The summed E-state index contributed by atoms with van der Waals surface area (Å²) in [5.41, 5.74) is 1.29. The molecule has 2 fully saturated rings. The number of ether oxygens (including phenoxy) is 4. The Kier molecular flexibility index (Phi) is 7.96. The maximum atomic E-state index is 13.7. The predicted octanol–water partition coefficient (Wildman–Crippen LogP) is 3.38. The average Bonchev–Trinajstić information content (AvgIpc) is 3.58. The highest BCUT2D eigenvalue weighted by atomic mass is 16.5. The zero-order valence-corrected chi connectivity index (χ0v) is 20.8. The van der Waals surface area contributed by atoms with Gasteiger partial charge >= 0.3 is 6.17 Å². The van der Waals surface area contributed by atoms with Gasteiger partial charge in [0.1, 0.15) is 12.6 Å². The summed E-state index contributed by atoms with van der Waals surface area (Å²) in [6, 6.07) is 12.2. The van der Waals surface area contributed by atoms with Crippen molar-refractivity contribution >= 4 is 11.8 Å². The molecule has 0 spiro atoms. The molecule has 0 N–H and O–H groups in total. The number of nitrogens with zero attached hydrogens (tertiary/aromatic N) is 3. The summed E-state index contributed by atoms with van der Waals surface area (Å²) in [6.45, 7) is 8.53. The van der Waals surface area contributed by atoms with Crippen molar-refractivity contribution in [2.45, 2.75) is 44.2 Å². The number of hydrogen-bond acceptors (Lipinski definition) is 6. The number of amides is 2.